The van der Waals surface area contributed by atoms with Gasteiger partial charge in [0, 0.05) is 24.1 Å². The zero-order chi connectivity index (χ0) is 23.3. The van der Waals surface area contributed by atoms with E-state index in [0.29, 0.717) is 51.7 Å². The molecule has 1 aliphatic rings. The van der Waals surface area contributed by atoms with Crippen LogP contribution in [0.2, 0.25) is 0 Å². The standard InChI is InChI=1S/C23H25N7O2S/c1-12-9-20(25-13(2)24-12)29-21-11-18(22-23(30-21)27-14(3)26-22)28-17-8-7-16(15-5-6-15)10-19(17)33(4,31)32/h7-11,15H,5-6H2,1-4H3,(H3,24,25,26,27,28,29,30). The van der Waals surface area contributed by atoms with E-state index in [2.05, 4.69) is 35.6 Å². The molecule has 3 aromatic heterocycles. The molecule has 9 nitrogen and oxygen atoms in total. The fraction of sp³-hybridized carbons (Fsp3) is 0.304. The Morgan fingerprint density at radius 2 is 1.67 bits per heavy atom. The lowest BCUT2D eigenvalue weighted by molar-refractivity contribution is 0.602. The van der Waals surface area contributed by atoms with Gasteiger partial charge in [-0.25, -0.2) is 28.4 Å². The number of nitrogens with one attached hydrogen (secondary N) is 3. The molecule has 170 valence electrons. The molecule has 0 bridgehead atoms. The minimum absolute atomic E-state index is 0.278. The number of pyridine rings is 1. The van der Waals surface area contributed by atoms with Gasteiger partial charge in [-0.1, -0.05) is 6.07 Å². The number of benzene rings is 1. The van der Waals surface area contributed by atoms with Crippen molar-refractivity contribution in [2.75, 3.05) is 16.9 Å². The second kappa shape index (κ2) is 7.80. The van der Waals surface area contributed by atoms with Crippen LogP contribution in [-0.4, -0.2) is 39.6 Å². The third-order valence-electron chi connectivity index (χ3n) is 5.52. The van der Waals surface area contributed by atoms with Gasteiger partial charge in [0.05, 0.1) is 16.3 Å². The SMILES string of the molecule is Cc1cc(Nc2cc(Nc3ccc(C4CC4)cc3S(C)(=O)=O)c3nc(C)[nH]c3n2)nc(C)n1. The summed E-state index contributed by atoms with van der Waals surface area (Å²) in [5.41, 5.74) is 4.26. The predicted molar refractivity (Wildman–Crippen MR) is 128 cm³/mol. The summed E-state index contributed by atoms with van der Waals surface area (Å²) in [5.74, 6) is 2.99. The molecule has 0 saturated heterocycles. The number of aromatic amines is 1. The van der Waals surface area contributed by atoms with Crippen LogP contribution in [0, 0.1) is 20.8 Å². The first-order chi connectivity index (χ1) is 15.7. The van der Waals surface area contributed by atoms with Crippen LogP contribution in [0.5, 0.6) is 0 Å². The number of aryl methyl sites for hydroxylation is 3. The van der Waals surface area contributed by atoms with Crippen LogP contribution >= 0.6 is 0 Å². The van der Waals surface area contributed by atoms with Crippen molar-refractivity contribution in [2.24, 2.45) is 0 Å². The Kier molecular flexibility index (Phi) is 5.04. The van der Waals surface area contributed by atoms with Crippen LogP contribution in [0.4, 0.5) is 23.0 Å². The van der Waals surface area contributed by atoms with Crippen LogP contribution in [0.3, 0.4) is 0 Å². The van der Waals surface area contributed by atoms with Gasteiger partial charge in [0.1, 0.15) is 28.8 Å². The highest BCUT2D eigenvalue weighted by Crippen LogP contribution is 2.42. The lowest BCUT2D eigenvalue weighted by Gasteiger charge is -2.14. The number of anilines is 4. The van der Waals surface area contributed by atoms with E-state index in [1.165, 1.54) is 6.26 Å². The van der Waals surface area contributed by atoms with E-state index in [9.17, 15) is 8.42 Å². The third-order valence-corrected chi connectivity index (χ3v) is 6.65. The zero-order valence-electron chi connectivity index (χ0n) is 18.9. The van der Waals surface area contributed by atoms with Gasteiger partial charge in [-0.2, -0.15) is 0 Å². The summed E-state index contributed by atoms with van der Waals surface area (Å²) in [6.07, 6.45) is 3.44. The maximum Gasteiger partial charge on any atom is 0.177 e. The molecule has 0 unspecified atom stereocenters. The van der Waals surface area contributed by atoms with E-state index in [1.807, 2.05) is 39.0 Å². The van der Waals surface area contributed by atoms with Crippen LogP contribution < -0.4 is 10.6 Å². The average molecular weight is 464 g/mol. The number of nitrogens with zero attached hydrogens (tertiary/aromatic N) is 4. The Hall–Kier alpha value is -3.53. The zero-order valence-corrected chi connectivity index (χ0v) is 19.7. The number of sulfone groups is 1. The number of rotatable bonds is 6. The first kappa shape index (κ1) is 21.3. The van der Waals surface area contributed by atoms with Gasteiger partial charge in [-0.15, -0.1) is 0 Å². The summed E-state index contributed by atoms with van der Waals surface area (Å²) in [4.78, 5) is 21.3. The minimum atomic E-state index is -3.44. The topological polar surface area (TPSA) is 126 Å². The van der Waals surface area contributed by atoms with Crippen LogP contribution in [0.1, 0.15) is 41.7 Å². The van der Waals surface area contributed by atoms with Crippen molar-refractivity contribution in [1.29, 1.82) is 0 Å². The first-order valence-corrected chi connectivity index (χ1v) is 12.6. The molecule has 1 fully saturated rings. The monoisotopic (exact) mass is 463 g/mol. The van der Waals surface area contributed by atoms with E-state index in [0.717, 1.165) is 24.1 Å². The molecule has 10 heteroatoms. The van der Waals surface area contributed by atoms with E-state index < -0.39 is 9.84 Å². The highest BCUT2D eigenvalue weighted by molar-refractivity contribution is 7.90. The normalized spacial score (nSPS) is 13.9. The Labute approximate surface area is 192 Å². The van der Waals surface area contributed by atoms with Gasteiger partial charge in [-0.05, 0) is 57.2 Å². The van der Waals surface area contributed by atoms with Gasteiger partial charge >= 0.3 is 0 Å². The molecule has 0 radical (unpaired) electrons. The summed E-state index contributed by atoms with van der Waals surface area (Å²) in [6, 6.07) is 9.25. The molecule has 3 N–H and O–H groups in total. The summed E-state index contributed by atoms with van der Waals surface area (Å²) >= 11 is 0. The average Bonchev–Trinajstić information content (AvgIpc) is 3.48. The number of hydrogen-bond donors (Lipinski definition) is 3. The van der Waals surface area contributed by atoms with Crippen LogP contribution in [0.15, 0.2) is 35.2 Å². The Morgan fingerprint density at radius 3 is 2.36 bits per heavy atom. The first-order valence-electron chi connectivity index (χ1n) is 10.7. The molecule has 0 atom stereocenters. The number of H-pyrrole nitrogens is 1. The van der Waals surface area contributed by atoms with E-state index in [4.69, 9.17) is 0 Å². The van der Waals surface area contributed by atoms with Crippen molar-refractivity contribution in [3.63, 3.8) is 0 Å². The molecule has 1 aliphatic carbocycles. The fourth-order valence-corrected chi connectivity index (χ4v) is 4.81. The van der Waals surface area contributed by atoms with Crippen molar-refractivity contribution >= 4 is 44.0 Å². The van der Waals surface area contributed by atoms with Crippen molar-refractivity contribution in [2.45, 2.75) is 44.4 Å². The molecule has 3 heterocycles. The van der Waals surface area contributed by atoms with Crippen LogP contribution in [-0.2, 0) is 9.84 Å². The molecule has 33 heavy (non-hydrogen) atoms. The Bertz CT molecular complexity index is 1470. The van der Waals surface area contributed by atoms with E-state index in [-0.39, 0.29) is 4.90 Å². The largest absolute Gasteiger partial charge is 0.352 e. The highest BCUT2D eigenvalue weighted by atomic mass is 32.2. The van der Waals surface area contributed by atoms with Gasteiger partial charge in [0.2, 0.25) is 0 Å². The maximum absolute atomic E-state index is 12.6. The number of fused-ring (bicyclic) bond motifs is 1. The molecule has 0 aliphatic heterocycles. The van der Waals surface area contributed by atoms with Gasteiger partial charge < -0.3 is 15.6 Å². The minimum Gasteiger partial charge on any atom is -0.352 e. The quantitative estimate of drug-likeness (QED) is 0.383. The fourth-order valence-electron chi connectivity index (χ4n) is 3.94. The van der Waals surface area contributed by atoms with Gasteiger partial charge in [0.15, 0.2) is 15.5 Å². The molecular formula is C23H25N7O2S. The molecule has 5 rings (SSSR count). The molecule has 0 spiro atoms. The second-order valence-corrected chi connectivity index (χ2v) is 10.6. The lowest BCUT2D eigenvalue weighted by Crippen LogP contribution is -2.05. The number of hydrogen-bond acceptors (Lipinski definition) is 8. The highest BCUT2D eigenvalue weighted by Gasteiger charge is 2.26. The summed E-state index contributed by atoms with van der Waals surface area (Å²) < 4.78 is 25.2. The summed E-state index contributed by atoms with van der Waals surface area (Å²) in [6.45, 7) is 5.58. The van der Waals surface area contributed by atoms with Gasteiger partial charge in [0.25, 0.3) is 0 Å². The maximum atomic E-state index is 12.6. The smallest absolute Gasteiger partial charge is 0.177 e. The van der Waals surface area contributed by atoms with Gasteiger partial charge in [-0.3, -0.25) is 0 Å². The Balaban J connectivity index is 1.58. The van der Waals surface area contributed by atoms with E-state index in [1.54, 1.807) is 12.1 Å². The second-order valence-electron chi connectivity index (χ2n) is 8.57. The van der Waals surface area contributed by atoms with Crippen molar-refractivity contribution < 1.29 is 8.42 Å². The summed E-state index contributed by atoms with van der Waals surface area (Å²) in [7, 11) is -3.44. The molecule has 1 saturated carbocycles. The molecule has 0 amide bonds. The lowest BCUT2D eigenvalue weighted by atomic mass is 10.1. The van der Waals surface area contributed by atoms with Crippen molar-refractivity contribution in [3.8, 4) is 0 Å². The van der Waals surface area contributed by atoms with Crippen molar-refractivity contribution in [3.05, 3.63) is 53.2 Å². The number of aromatic nitrogens is 5. The third kappa shape index (κ3) is 4.51. The molecule has 4 aromatic rings. The summed E-state index contributed by atoms with van der Waals surface area (Å²) in [5, 5.41) is 6.52. The molecule has 1 aromatic carbocycles. The predicted octanol–water partition coefficient (Wildman–Crippen LogP) is 4.44. The number of imidazole rings is 1. The Morgan fingerprint density at radius 1 is 0.909 bits per heavy atom. The van der Waals surface area contributed by atoms with Crippen molar-refractivity contribution in [1.82, 2.24) is 24.9 Å². The molecular weight excluding hydrogens is 438 g/mol. The van der Waals surface area contributed by atoms with Crippen LogP contribution in [0.25, 0.3) is 11.2 Å². The van der Waals surface area contributed by atoms with E-state index >= 15 is 0 Å².